The Morgan fingerprint density at radius 2 is 1.59 bits per heavy atom. The Labute approximate surface area is 199 Å². The third-order valence-electron chi connectivity index (χ3n) is 6.23. The highest BCUT2D eigenvalue weighted by Gasteiger charge is 2.39. The van der Waals surface area contributed by atoms with E-state index in [1.807, 2.05) is 54.6 Å². The first-order chi connectivity index (χ1) is 16.5. The van der Waals surface area contributed by atoms with Crippen molar-refractivity contribution in [3.63, 3.8) is 0 Å². The number of carbonyl (C=O) groups is 1. The molecule has 1 aliphatic heterocycles. The monoisotopic (exact) mass is 474 g/mol. The molecule has 5 rings (SSSR count). The van der Waals surface area contributed by atoms with Crippen molar-refractivity contribution >= 4 is 27.0 Å². The number of fused-ring (bicyclic) bond motifs is 1. The van der Waals surface area contributed by atoms with Crippen LogP contribution in [0.1, 0.15) is 23.9 Å². The Morgan fingerprint density at radius 1 is 0.912 bits per heavy atom. The summed E-state index contributed by atoms with van der Waals surface area (Å²) < 4.78 is 28.6. The lowest BCUT2D eigenvalue weighted by atomic mass is 10.1. The molecule has 34 heavy (non-hydrogen) atoms. The Kier molecular flexibility index (Phi) is 6.17. The fourth-order valence-corrected chi connectivity index (χ4v) is 6.01. The van der Waals surface area contributed by atoms with Gasteiger partial charge in [-0.1, -0.05) is 60.7 Å². The summed E-state index contributed by atoms with van der Waals surface area (Å²) in [5.41, 5.74) is 2.71. The van der Waals surface area contributed by atoms with Crippen molar-refractivity contribution < 1.29 is 13.2 Å². The van der Waals surface area contributed by atoms with E-state index in [0.717, 1.165) is 16.6 Å². The van der Waals surface area contributed by atoms with Crippen LogP contribution in [0, 0.1) is 0 Å². The van der Waals surface area contributed by atoms with E-state index in [2.05, 4.69) is 9.97 Å². The van der Waals surface area contributed by atoms with Crippen LogP contribution < -0.4 is 0 Å². The maximum Gasteiger partial charge on any atom is 0.243 e. The zero-order chi connectivity index (χ0) is 23.5. The minimum absolute atomic E-state index is 0.0155. The molecule has 1 fully saturated rings. The predicted molar refractivity (Wildman–Crippen MR) is 131 cm³/mol. The van der Waals surface area contributed by atoms with Crippen LogP contribution >= 0.6 is 0 Å². The van der Waals surface area contributed by atoms with E-state index in [0.29, 0.717) is 25.2 Å². The second-order valence-corrected chi connectivity index (χ2v) is 10.3. The molecular formula is C26H26N4O3S. The van der Waals surface area contributed by atoms with E-state index in [9.17, 15) is 13.2 Å². The number of para-hydroxylation sites is 2. The summed E-state index contributed by atoms with van der Waals surface area (Å²) in [6.45, 7) is 0.798. The quantitative estimate of drug-likeness (QED) is 0.461. The van der Waals surface area contributed by atoms with Crippen LogP contribution in [0.2, 0.25) is 0 Å². The van der Waals surface area contributed by atoms with Crippen LogP contribution in [0.5, 0.6) is 0 Å². The number of amides is 1. The molecule has 1 unspecified atom stereocenters. The molecule has 0 bridgehead atoms. The largest absolute Gasteiger partial charge is 0.341 e. The number of carbonyl (C=O) groups excluding carboxylic acids is 1. The second-order valence-electron chi connectivity index (χ2n) is 8.41. The van der Waals surface area contributed by atoms with Gasteiger partial charge in [-0.25, -0.2) is 13.4 Å². The Balaban J connectivity index is 1.43. The van der Waals surface area contributed by atoms with Gasteiger partial charge in [0.2, 0.25) is 15.9 Å². The lowest BCUT2D eigenvalue weighted by Crippen LogP contribution is -2.52. The minimum Gasteiger partial charge on any atom is -0.341 e. The smallest absolute Gasteiger partial charge is 0.243 e. The van der Waals surface area contributed by atoms with E-state index in [-0.39, 0.29) is 23.9 Å². The average Bonchev–Trinajstić information content (AvgIpc) is 3.32. The second kappa shape index (κ2) is 9.40. The molecule has 0 saturated carbocycles. The van der Waals surface area contributed by atoms with E-state index < -0.39 is 16.1 Å². The number of H-pyrrole nitrogens is 1. The summed E-state index contributed by atoms with van der Waals surface area (Å²) in [7, 11) is -3.77. The number of benzene rings is 3. The van der Waals surface area contributed by atoms with Crippen molar-refractivity contribution in [3.05, 3.63) is 96.3 Å². The number of hydrogen-bond acceptors (Lipinski definition) is 4. The van der Waals surface area contributed by atoms with E-state index in [4.69, 9.17) is 0 Å². The first-order valence-electron chi connectivity index (χ1n) is 11.4. The van der Waals surface area contributed by atoms with Gasteiger partial charge in [-0.3, -0.25) is 4.79 Å². The molecule has 0 spiro atoms. The maximum atomic E-state index is 13.6. The molecular weight excluding hydrogens is 448 g/mol. The number of rotatable bonds is 6. The van der Waals surface area contributed by atoms with Gasteiger partial charge in [0.05, 0.1) is 15.9 Å². The van der Waals surface area contributed by atoms with E-state index >= 15 is 0 Å². The molecule has 1 aliphatic rings. The molecule has 0 radical (unpaired) electrons. The van der Waals surface area contributed by atoms with Gasteiger partial charge < -0.3 is 9.88 Å². The lowest BCUT2D eigenvalue weighted by Gasteiger charge is -2.39. The highest BCUT2D eigenvalue weighted by atomic mass is 32.2. The summed E-state index contributed by atoms with van der Waals surface area (Å²) in [6, 6.07) is 25.3. The zero-order valence-electron chi connectivity index (χ0n) is 18.7. The third kappa shape index (κ3) is 4.47. The van der Waals surface area contributed by atoms with Crippen LogP contribution in [0.25, 0.3) is 11.0 Å². The van der Waals surface area contributed by atoms with Crippen molar-refractivity contribution in [2.45, 2.75) is 23.8 Å². The number of nitrogens with one attached hydrogen (secondary N) is 1. The van der Waals surface area contributed by atoms with Gasteiger partial charge in [-0.05, 0) is 36.2 Å². The SMILES string of the molecule is O=C(CCc1ccccc1)N1CCN(S(=O)(=O)c2ccccc2)C(c2nc3ccccc3[nH]2)C1. The predicted octanol–water partition coefficient (Wildman–Crippen LogP) is 3.77. The van der Waals surface area contributed by atoms with Crippen molar-refractivity contribution in [1.82, 2.24) is 19.2 Å². The fourth-order valence-electron chi connectivity index (χ4n) is 4.42. The van der Waals surface area contributed by atoms with E-state index in [1.54, 1.807) is 35.2 Å². The Morgan fingerprint density at radius 3 is 2.32 bits per heavy atom. The molecule has 1 atom stereocenters. The fraction of sp³-hybridized carbons (Fsp3) is 0.231. The van der Waals surface area contributed by atoms with Crippen molar-refractivity contribution in [1.29, 1.82) is 0 Å². The summed E-state index contributed by atoms with van der Waals surface area (Å²) >= 11 is 0. The van der Waals surface area contributed by atoms with Crippen LogP contribution in [0.4, 0.5) is 0 Å². The molecule has 0 aliphatic carbocycles. The van der Waals surface area contributed by atoms with Crippen molar-refractivity contribution in [3.8, 4) is 0 Å². The molecule has 1 N–H and O–H groups in total. The Hall–Kier alpha value is -3.49. The molecule has 1 aromatic heterocycles. The first-order valence-corrected chi connectivity index (χ1v) is 12.8. The molecule has 4 aromatic rings. The molecule has 8 heteroatoms. The normalized spacial score (nSPS) is 17.2. The zero-order valence-corrected chi connectivity index (χ0v) is 19.5. The summed E-state index contributed by atoms with van der Waals surface area (Å²) in [6.07, 6.45) is 1.03. The van der Waals surface area contributed by atoms with Crippen LogP contribution in [-0.4, -0.2) is 53.1 Å². The lowest BCUT2D eigenvalue weighted by molar-refractivity contribution is -0.133. The first kappa shape index (κ1) is 22.3. The van der Waals surface area contributed by atoms with Gasteiger partial charge >= 0.3 is 0 Å². The summed E-state index contributed by atoms with van der Waals surface area (Å²) in [4.78, 5) is 23.0. The number of aromatic amines is 1. The maximum absolute atomic E-state index is 13.6. The van der Waals surface area contributed by atoms with E-state index in [1.165, 1.54) is 4.31 Å². The molecule has 1 saturated heterocycles. The van der Waals surface area contributed by atoms with Gasteiger partial charge in [0.25, 0.3) is 0 Å². The number of hydrogen-bond donors (Lipinski definition) is 1. The molecule has 1 amide bonds. The third-order valence-corrected chi connectivity index (χ3v) is 8.15. The van der Waals surface area contributed by atoms with Gasteiger partial charge in [0.15, 0.2) is 0 Å². The summed E-state index contributed by atoms with van der Waals surface area (Å²) in [5.74, 6) is 0.558. The average molecular weight is 475 g/mol. The van der Waals surface area contributed by atoms with Crippen LogP contribution in [-0.2, 0) is 21.2 Å². The Bertz CT molecular complexity index is 1350. The number of piperazine rings is 1. The van der Waals surface area contributed by atoms with Gasteiger partial charge in [-0.2, -0.15) is 4.31 Å². The van der Waals surface area contributed by atoms with Crippen molar-refractivity contribution in [2.75, 3.05) is 19.6 Å². The molecule has 2 heterocycles. The highest BCUT2D eigenvalue weighted by Crippen LogP contribution is 2.31. The number of nitrogens with zero attached hydrogens (tertiary/aromatic N) is 3. The standard InChI is InChI=1S/C26H26N4O3S/c31-25(16-15-20-9-3-1-4-10-20)29-17-18-30(34(32,33)21-11-5-2-6-12-21)24(19-29)26-27-22-13-7-8-14-23(22)28-26/h1-14,24H,15-19H2,(H,27,28). The number of imidazole rings is 1. The number of sulfonamides is 1. The minimum atomic E-state index is -3.77. The number of aryl methyl sites for hydroxylation is 1. The van der Waals surface area contributed by atoms with Crippen molar-refractivity contribution in [2.24, 2.45) is 0 Å². The van der Waals surface area contributed by atoms with Crippen LogP contribution in [0.15, 0.2) is 89.8 Å². The number of aromatic nitrogens is 2. The van der Waals surface area contributed by atoms with Crippen LogP contribution in [0.3, 0.4) is 0 Å². The van der Waals surface area contributed by atoms with Gasteiger partial charge in [-0.15, -0.1) is 0 Å². The highest BCUT2D eigenvalue weighted by molar-refractivity contribution is 7.89. The molecule has 7 nitrogen and oxygen atoms in total. The van der Waals surface area contributed by atoms with Gasteiger partial charge in [0.1, 0.15) is 11.9 Å². The van der Waals surface area contributed by atoms with Gasteiger partial charge in [0, 0.05) is 26.1 Å². The molecule has 3 aromatic carbocycles. The molecule has 174 valence electrons. The topological polar surface area (TPSA) is 86.4 Å². The summed E-state index contributed by atoms with van der Waals surface area (Å²) in [5, 5.41) is 0.